The molecule has 0 aliphatic carbocycles. The molecule has 1 nitrogen and oxygen atoms in total. The molecule has 114 valence electrons. The fraction of sp³-hybridized carbons (Fsp3) is 0.611. The summed E-state index contributed by atoms with van der Waals surface area (Å²) in [6, 6.07) is 0. The predicted octanol–water partition coefficient (Wildman–Crippen LogP) is 5.82. The molecule has 0 aromatic heterocycles. The topological polar surface area (TPSA) is 9.23 Å². The first-order chi connectivity index (χ1) is 9.91. The maximum Gasteiger partial charge on any atom is 0.0721 e. The summed E-state index contributed by atoms with van der Waals surface area (Å²) in [5.41, 5.74) is 3.09. The summed E-state index contributed by atoms with van der Waals surface area (Å²) in [5, 5.41) is 0. The standard InChI is InChI=1S/C18H29ClO/c1-2-3-4-5-6-7-8-11-14-17-20-18-15-12-9-10-13-16-19/h5-6,8-9,11,15H,2-4,7,10,13-14,16-18H2,1H3/b6-5-,11-8-. The van der Waals surface area contributed by atoms with Gasteiger partial charge in [0.05, 0.1) is 13.2 Å². The number of hydrogen-bond donors (Lipinski definition) is 0. The maximum atomic E-state index is 5.57. The number of halogens is 1. The number of unbranched alkanes of at least 4 members (excludes halogenated alkanes) is 3. The summed E-state index contributed by atoms with van der Waals surface area (Å²) in [7, 11) is 0. The lowest BCUT2D eigenvalue weighted by molar-refractivity contribution is 0.167. The molecule has 2 heteroatoms. The van der Waals surface area contributed by atoms with E-state index in [-0.39, 0.29) is 0 Å². The van der Waals surface area contributed by atoms with Gasteiger partial charge >= 0.3 is 0 Å². The van der Waals surface area contributed by atoms with Crippen LogP contribution in [0, 0.1) is 0 Å². The molecule has 0 aliphatic heterocycles. The summed E-state index contributed by atoms with van der Waals surface area (Å²) < 4.78 is 5.47. The highest BCUT2D eigenvalue weighted by Crippen LogP contribution is 1.97. The van der Waals surface area contributed by atoms with E-state index in [1.165, 1.54) is 19.3 Å². The Morgan fingerprint density at radius 2 is 1.75 bits per heavy atom. The van der Waals surface area contributed by atoms with E-state index in [4.69, 9.17) is 16.3 Å². The summed E-state index contributed by atoms with van der Waals surface area (Å²) in [4.78, 5) is 0. The van der Waals surface area contributed by atoms with Gasteiger partial charge in [0.25, 0.3) is 0 Å². The van der Waals surface area contributed by atoms with Crippen LogP contribution in [0.2, 0.25) is 0 Å². The number of allylic oxidation sites excluding steroid dienone is 3. The molecule has 0 spiro atoms. The van der Waals surface area contributed by atoms with E-state index >= 15 is 0 Å². The van der Waals surface area contributed by atoms with Crippen molar-refractivity contribution in [2.75, 3.05) is 19.1 Å². The zero-order chi connectivity index (χ0) is 14.7. The van der Waals surface area contributed by atoms with Crippen molar-refractivity contribution < 1.29 is 4.74 Å². The van der Waals surface area contributed by atoms with Crippen molar-refractivity contribution >= 4 is 11.6 Å². The summed E-state index contributed by atoms with van der Waals surface area (Å²) in [6.07, 6.45) is 20.6. The molecule has 0 radical (unpaired) electrons. The second kappa shape index (κ2) is 18.2. The highest BCUT2D eigenvalue weighted by molar-refractivity contribution is 6.17. The van der Waals surface area contributed by atoms with Gasteiger partial charge in [-0.05, 0) is 44.3 Å². The van der Waals surface area contributed by atoms with Crippen LogP contribution in [-0.2, 0) is 4.74 Å². The first kappa shape index (κ1) is 19.2. The van der Waals surface area contributed by atoms with Crippen molar-refractivity contribution in [1.82, 2.24) is 0 Å². The van der Waals surface area contributed by atoms with Crippen LogP contribution in [-0.4, -0.2) is 19.1 Å². The van der Waals surface area contributed by atoms with Crippen LogP contribution in [0.4, 0.5) is 0 Å². The Morgan fingerprint density at radius 1 is 0.950 bits per heavy atom. The third-order valence-corrected chi connectivity index (χ3v) is 2.94. The van der Waals surface area contributed by atoms with Crippen molar-refractivity contribution in [1.29, 1.82) is 0 Å². The first-order valence-electron chi connectivity index (χ1n) is 7.75. The quantitative estimate of drug-likeness (QED) is 0.180. The fourth-order valence-electron chi connectivity index (χ4n) is 1.52. The minimum atomic E-state index is 0.641. The Bertz CT molecular complexity index is 299. The molecule has 0 atom stereocenters. The van der Waals surface area contributed by atoms with Gasteiger partial charge in [0.1, 0.15) is 0 Å². The van der Waals surface area contributed by atoms with Gasteiger partial charge in [-0.1, -0.05) is 44.1 Å². The van der Waals surface area contributed by atoms with Gasteiger partial charge in [-0.3, -0.25) is 0 Å². The minimum Gasteiger partial charge on any atom is -0.376 e. The lowest BCUT2D eigenvalue weighted by atomic mass is 10.2. The molecule has 0 bridgehead atoms. The molecule has 0 rings (SSSR count). The smallest absolute Gasteiger partial charge is 0.0721 e. The molecule has 0 N–H and O–H groups in total. The van der Waals surface area contributed by atoms with Crippen molar-refractivity contribution in [2.45, 2.75) is 51.9 Å². The number of ether oxygens (including phenoxy) is 1. The Hall–Kier alpha value is -0.750. The third kappa shape index (κ3) is 17.2. The maximum absolute atomic E-state index is 5.57. The van der Waals surface area contributed by atoms with E-state index < -0.39 is 0 Å². The molecule has 20 heavy (non-hydrogen) atoms. The second-order valence-electron chi connectivity index (χ2n) is 4.59. The average Bonchev–Trinajstić information content (AvgIpc) is 2.47. The molecule has 0 aromatic carbocycles. The van der Waals surface area contributed by atoms with Gasteiger partial charge < -0.3 is 4.74 Å². The molecule has 0 fully saturated rings. The lowest BCUT2D eigenvalue weighted by Gasteiger charge is -1.95. The fourth-order valence-corrected chi connectivity index (χ4v) is 1.67. The normalized spacial score (nSPS) is 11.1. The van der Waals surface area contributed by atoms with Crippen LogP contribution < -0.4 is 0 Å². The second-order valence-corrected chi connectivity index (χ2v) is 4.97. The van der Waals surface area contributed by atoms with Gasteiger partial charge in [-0.2, -0.15) is 0 Å². The number of rotatable bonds is 13. The number of hydrogen-bond acceptors (Lipinski definition) is 1. The van der Waals surface area contributed by atoms with E-state index in [0.717, 1.165) is 38.2 Å². The minimum absolute atomic E-state index is 0.641. The highest BCUT2D eigenvalue weighted by atomic mass is 35.5. The largest absolute Gasteiger partial charge is 0.376 e. The molecule has 0 heterocycles. The van der Waals surface area contributed by atoms with Crippen molar-refractivity contribution in [3.05, 3.63) is 42.2 Å². The van der Waals surface area contributed by atoms with Crippen LogP contribution in [0.15, 0.2) is 42.2 Å². The molecular weight excluding hydrogens is 268 g/mol. The predicted molar refractivity (Wildman–Crippen MR) is 90.5 cm³/mol. The highest BCUT2D eigenvalue weighted by Gasteiger charge is 1.82. The van der Waals surface area contributed by atoms with Crippen LogP contribution in [0.25, 0.3) is 0 Å². The van der Waals surface area contributed by atoms with E-state index in [0.29, 0.717) is 6.61 Å². The summed E-state index contributed by atoms with van der Waals surface area (Å²) in [6.45, 7) is 3.64. The Labute approximate surface area is 130 Å². The zero-order valence-corrected chi connectivity index (χ0v) is 13.6. The summed E-state index contributed by atoms with van der Waals surface area (Å²) in [5.74, 6) is 0.717. The van der Waals surface area contributed by atoms with Gasteiger partial charge in [0.2, 0.25) is 0 Å². The third-order valence-electron chi connectivity index (χ3n) is 2.68. The number of alkyl halides is 1. The average molecular weight is 297 g/mol. The van der Waals surface area contributed by atoms with E-state index in [9.17, 15) is 0 Å². The molecule has 0 aliphatic rings. The Kier molecular flexibility index (Phi) is 17.6. The van der Waals surface area contributed by atoms with Crippen LogP contribution in [0.1, 0.15) is 51.9 Å². The zero-order valence-electron chi connectivity index (χ0n) is 12.8. The van der Waals surface area contributed by atoms with Crippen LogP contribution >= 0.6 is 11.6 Å². The van der Waals surface area contributed by atoms with Crippen molar-refractivity contribution in [2.24, 2.45) is 0 Å². The lowest BCUT2D eigenvalue weighted by Crippen LogP contribution is -1.91. The van der Waals surface area contributed by atoms with Crippen molar-refractivity contribution in [3.8, 4) is 0 Å². The summed E-state index contributed by atoms with van der Waals surface area (Å²) >= 11 is 5.57. The van der Waals surface area contributed by atoms with Gasteiger partial charge in [0.15, 0.2) is 0 Å². The molecule has 0 unspecified atom stereocenters. The van der Waals surface area contributed by atoms with Gasteiger partial charge in [0, 0.05) is 5.88 Å². The Balaban J connectivity index is 3.30. The Morgan fingerprint density at radius 3 is 2.50 bits per heavy atom. The SMILES string of the molecule is CCCC/C=C\C/C=C\CCOCC=C=CCCCCl. The molecule has 0 saturated heterocycles. The van der Waals surface area contributed by atoms with E-state index in [1.807, 2.05) is 12.2 Å². The van der Waals surface area contributed by atoms with Crippen LogP contribution in [0.3, 0.4) is 0 Å². The van der Waals surface area contributed by atoms with Gasteiger partial charge in [-0.25, -0.2) is 0 Å². The molecule has 0 aromatic rings. The van der Waals surface area contributed by atoms with Crippen LogP contribution in [0.5, 0.6) is 0 Å². The van der Waals surface area contributed by atoms with E-state index in [1.54, 1.807) is 0 Å². The monoisotopic (exact) mass is 296 g/mol. The molecule has 0 saturated carbocycles. The van der Waals surface area contributed by atoms with Crippen molar-refractivity contribution in [3.63, 3.8) is 0 Å². The molecular formula is C18H29ClO. The first-order valence-corrected chi connectivity index (χ1v) is 8.28. The molecule has 0 amide bonds. The van der Waals surface area contributed by atoms with E-state index in [2.05, 4.69) is 37.0 Å². The van der Waals surface area contributed by atoms with Gasteiger partial charge in [-0.15, -0.1) is 17.3 Å².